The predicted molar refractivity (Wildman–Crippen MR) is 260 cm³/mol. The highest BCUT2D eigenvalue weighted by Crippen LogP contribution is 2.17. The van der Waals surface area contributed by atoms with Gasteiger partial charge in [-0.3, -0.25) is 19.4 Å². The number of amides is 2. The number of unbranched alkanes of at least 4 members (excludes halogenated alkanes) is 22. The Morgan fingerprint density at radius 3 is 0.871 bits per heavy atom. The monoisotopic (exact) mass is 881 g/mol. The summed E-state index contributed by atoms with van der Waals surface area (Å²) in [7, 11) is 0. The molecular weight excluding hydrogens is 777 g/mol. The minimum absolute atomic E-state index is 0.118. The molecule has 0 bridgehead atoms. The van der Waals surface area contributed by atoms with Crippen LogP contribution in [0.1, 0.15) is 246 Å². The first-order valence-electron chi connectivity index (χ1n) is 26.9. The molecule has 2 amide bonds. The first-order chi connectivity index (χ1) is 30.1. The van der Waals surface area contributed by atoms with Crippen LogP contribution in [-0.4, -0.2) is 118 Å². The standard InChI is InChI=1S/C52H104N4O6/c1-5-9-13-17-21-25-33-45(57)41-55(42-46(58)34-26-22-18-14-10-6-2)39-31-29-37-49-51(61)54-50(52(62)53-49)38-30-32-40-56(43-47(59)35-27-23-19-15-11-7-3)44-48(60)36-28-24-20-16-12-8-4/h45-50,57-60H,5-44H2,1-4H3,(H,53,62)(H,54,61). The molecule has 0 saturated carbocycles. The van der Waals surface area contributed by atoms with Crippen LogP contribution in [0, 0.1) is 0 Å². The van der Waals surface area contributed by atoms with Crippen LogP contribution in [0.5, 0.6) is 0 Å². The molecule has 1 heterocycles. The van der Waals surface area contributed by atoms with Gasteiger partial charge in [0.25, 0.3) is 0 Å². The lowest BCUT2D eigenvalue weighted by atomic mass is 10.0. The molecule has 10 heteroatoms. The number of piperazine rings is 1. The molecule has 0 aliphatic carbocycles. The van der Waals surface area contributed by atoms with Crippen LogP contribution in [-0.2, 0) is 9.59 Å². The molecule has 1 aliphatic heterocycles. The van der Waals surface area contributed by atoms with Crippen molar-refractivity contribution in [3.63, 3.8) is 0 Å². The van der Waals surface area contributed by atoms with E-state index in [-0.39, 0.29) is 11.8 Å². The van der Waals surface area contributed by atoms with Gasteiger partial charge in [-0.05, 0) is 77.3 Å². The van der Waals surface area contributed by atoms with Crippen molar-refractivity contribution in [1.82, 2.24) is 20.4 Å². The van der Waals surface area contributed by atoms with Crippen molar-refractivity contribution in [2.75, 3.05) is 39.3 Å². The van der Waals surface area contributed by atoms with Gasteiger partial charge in [-0.2, -0.15) is 0 Å². The van der Waals surface area contributed by atoms with Gasteiger partial charge in [0.2, 0.25) is 11.8 Å². The van der Waals surface area contributed by atoms with E-state index in [0.717, 1.165) is 116 Å². The van der Waals surface area contributed by atoms with Gasteiger partial charge >= 0.3 is 0 Å². The van der Waals surface area contributed by atoms with Crippen LogP contribution in [0.25, 0.3) is 0 Å². The number of aliphatic hydroxyl groups excluding tert-OH is 4. The van der Waals surface area contributed by atoms with Gasteiger partial charge in [0, 0.05) is 26.2 Å². The first kappa shape index (κ1) is 58.7. The molecule has 6 unspecified atom stereocenters. The fourth-order valence-electron chi connectivity index (χ4n) is 9.16. The largest absolute Gasteiger partial charge is 0.392 e. The van der Waals surface area contributed by atoms with Crippen molar-refractivity contribution in [3.8, 4) is 0 Å². The number of carbonyl (C=O) groups excluding carboxylic acids is 2. The minimum Gasteiger partial charge on any atom is -0.392 e. The Bertz CT molecular complexity index is 896. The Balaban J connectivity index is 2.57. The molecule has 6 atom stereocenters. The third kappa shape index (κ3) is 33.2. The van der Waals surface area contributed by atoms with E-state index in [4.69, 9.17) is 0 Å². The zero-order valence-corrected chi connectivity index (χ0v) is 41.2. The molecule has 10 nitrogen and oxygen atoms in total. The average Bonchev–Trinajstić information content (AvgIpc) is 3.24. The fourth-order valence-corrected chi connectivity index (χ4v) is 9.16. The summed E-state index contributed by atoms with van der Waals surface area (Å²) in [5.74, 6) is -0.236. The third-order valence-corrected chi connectivity index (χ3v) is 13.1. The van der Waals surface area contributed by atoms with Crippen LogP contribution in [0.4, 0.5) is 0 Å². The number of rotatable bonds is 46. The normalized spacial score (nSPS) is 17.7. The molecule has 0 aromatic heterocycles. The summed E-state index contributed by atoms with van der Waals surface area (Å²) in [5, 5.41) is 49.7. The van der Waals surface area contributed by atoms with E-state index in [0.29, 0.717) is 39.0 Å². The average molecular weight is 881 g/mol. The lowest BCUT2D eigenvalue weighted by Gasteiger charge is -2.31. The molecule has 62 heavy (non-hydrogen) atoms. The highest BCUT2D eigenvalue weighted by Gasteiger charge is 2.33. The van der Waals surface area contributed by atoms with Gasteiger partial charge in [0.05, 0.1) is 24.4 Å². The second-order valence-corrected chi connectivity index (χ2v) is 19.5. The summed E-state index contributed by atoms with van der Waals surface area (Å²) in [6.07, 6.45) is 34.6. The van der Waals surface area contributed by atoms with E-state index in [9.17, 15) is 30.0 Å². The van der Waals surface area contributed by atoms with Gasteiger partial charge in [-0.25, -0.2) is 0 Å². The third-order valence-electron chi connectivity index (χ3n) is 13.1. The van der Waals surface area contributed by atoms with Gasteiger partial charge in [0.1, 0.15) is 12.1 Å². The molecule has 368 valence electrons. The number of hydrogen-bond acceptors (Lipinski definition) is 8. The zero-order chi connectivity index (χ0) is 45.5. The molecular formula is C52H104N4O6. The lowest BCUT2D eigenvalue weighted by Crippen LogP contribution is -2.61. The van der Waals surface area contributed by atoms with Crippen LogP contribution >= 0.6 is 0 Å². The van der Waals surface area contributed by atoms with Crippen LogP contribution < -0.4 is 10.6 Å². The summed E-state index contributed by atoms with van der Waals surface area (Å²) in [4.78, 5) is 30.8. The maximum Gasteiger partial charge on any atom is 0.243 e. The summed E-state index contributed by atoms with van der Waals surface area (Å²) < 4.78 is 0. The van der Waals surface area contributed by atoms with E-state index in [1.54, 1.807) is 0 Å². The first-order valence-corrected chi connectivity index (χ1v) is 26.9. The Labute approximate surface area is 382 Å². The Hall–Kier alpha value is -1.30. The number of aliphatic hydroxyl groups is 4. The van der Waals surface area contributed by atoms with Crippen molar-refractivity contribution in [2.24, 2.45) is 0 Å². The molecule has 0 radical (unpaired) electrons. The van der Waals surface area contributed by atoms with E-state index in [2.05, 4.69) is 48.1 Å². The highest BCUT2D eigenvalue weighted by atomic mass is 16.3. The van der Waals surface area contributed by atoms with Gasteiger partial charge in [-0.1, -0.05) is 182 Å². The second-order valence-electron chi connectivity index (χ2n) is 19.5. The molecule has 1 aliphatic rings. The van der Waals surface area contributed by atoms with Gasteiger partial charge in [-0.15, -0.1) is 0 Å². The Kier molecular flexibility index (Phi) is 39.0. The van der Waals surface area contributed by atoms with E-state index in [1.165, 1.54) is 103 Å². The van der Waals surface area contributed by atoms with Crippen LogP contribution in [0.2, 0.25) is 0 Å². The highest BCUT2D eigenvalue weighted by molar-refractivity contribution is 5.96. The Morgan fingerprint density at radius 1 is 0.371 bits per heavy atom. The van der Waals surface area contributed by atoms with E-state index >= 15 is 0 Å². The summed E-state index contributed by atoms with van der Waals surface area (Å²) >= 11 is 0. The van der Waals surface area contributed by atoms with Crippen molar-refractivity contribution in [3.05, 3.63) is 0 Å². The summed E-state index contributed by atoms with van der Waals surface area (Å²) in [6, 6.07) is -1.08. The number of nitrogens with one attached hydrogen (secondary N) is 2. The SMILES string of the molecule is CCCCCCCCC(O)CN(CCCCC1NC(=O)C(CCCCN(CC(O)CCCCCCCC)CC(O)CCCCCCCC)NC1=O)CC(O)CCCCCCCC. The Morgan fingerprint density at radius 2 is 0.613 bits per heavy atom. The van der Waals surface area contributed by atoms with Crippen molar-refractivity contribution >= 4 is 11.8 Å². The van der Waals surface area contributed by atoms with Crippen molar-refractivity contribution in [1.29, 1.82) is 0 Å². The maximum absolute atomic E-state index is 13.2. The maximum atomic E-state index is 13.2. The quantitative estimate of drug-likeness (QED) is 0.0332. The topological polar surface area (TPSA) is 146 Å². The lowest BCUT2D eigenvalue weighted by molar-refractivity contribution is -0.137. The van der Waals surface area contributed by atoms with Crippen LogP contribution in [0.15, 0.2) is 0 Å². The number of carbonyl (C=O) groups is 2. The molecule has 1 fully saturated rings. The number of hydrogen-bond donors (Lipinski definition) is 6. The molecule has 0 spiro atoms. The molecule has 0 aromatic carbocycles. The molecule has 0 aromatic rings. The number of nitrogens with zero attached hydrogens (tertiary/aromatic N) is 2. The van der Waals surface area contributed by atoms with Gasteiger partial charge < -0.3 is 31.1 Å². The van der Waals surface area contributed by atoms with Crippen molar-refractivity contribution in [2.45, 2.75) is 283 Å². The zero-order valence-electron chi connectivity index (χ0n) is 41.2. The van der Waals surface area contributed by atoms with Crippen molar-refractivity contribution < 1.29 is 30.0 Å². The molecule has 1 saturated heterocycles. The summed E-state index contributed by atoms with van der Waals surface area (Å²) in [6.45, 7) is 12.6. The molecule has 1 rings (SSSR count). The fraction of sp³-hybridized carbons (Fsp3) is 0.962. The minimum atomic E-state index is -0.541. The second kappa shape index (κ2) is 41.2. The predicted octanol–water partition coefficient (Wildman–Crippen LogP) is 10.4. The summed E-state index contributed by atoms with van der Waals surface area (Å²) in [5.41, 5.74) is 0. The van der Waals surface area contributed by atoms with Gasteiger partial charge in [0.15, 0.2) is 0 Å². The van der Waals surface area contributed by atoms with E-state index < -0.39 is 36.5 Å². The smallest absolute Gasteiger partial charge is 0.243 e. The molecule has 6 N–H and O–H groups in total. The van der Waals surface area contributed by atoms with Crippen LogP contribution in [0.3, 0.4) is 0 Å². The van der Waals surface area contributed by atoms with E-state index in [1.807, 2.05) is 0 Å².